The van der Waals surface area contributed by atoms with Gasteiger partial charge in [-0.2, -0.15) is 18.2 Å². The third kappa shape index (κ3) is 6.47. The number of rotatable bonds is 8. The number of primary amides is 1. The van der Waals surface area contributed by atoms with E-state index in [1.54, 1.807) is 17.0 Å². The summed E-state index contributed by atoms with van der Waals surface area (Å²) in [5.41, 5.74) is 6.50. The maximum Gasteiger partial charge on any atom is 0.405 e. The predicted molar refractivity (Wildman–Crippen MR) is 120 cm³/mol. The first-order chi connectivity index (χ1) is 16.1. The van der Waals surface area contributed by atoms with Crippen LogP contribution >= 0.6 is 0 Å². The number of alkyl halides is 3. The lowest BCUT2D eigenvalue weighted by molar-refractivity contribution is -0.135. The van der Waals surface area contributed by atoms with Crippen molar-refractivity contribution in [2.45, 2.75) is 19.1 Å². The Morgan fingerprint density at radius 3 is 2.53 bits per heavy atom. The van der Waals surface area contributed by atoms with E-state index in [4.69, 9.17) is 10.5 Å². The molecule has 1 aliphatic rings. The van der Waals surface area contributed by atoms with Crippen LogP contribution in [-0.2, 0) is 9.53 Å². The van der Waals surface area contributed by atoms with Gasteiger partial charge in [-0.15, -0.1) is 0 Å². The fourth-order valence-electron chi connectivity index (χ4n) is 3.59. The summed E-state index contributed by atoms with van der Waals surface area (Å²) in [7, 11) is 1.49. The number of aromatic nitrogens is 2. The lowest BCUT2D eigenvalue weighted by atomic mass is 10.1. The number of anilines is 4. The smallest absolute Gasteiger partial charge is 0.375 e. The molecule has 4 N–H and O–H groups in total. The summed E-state index contributed by atoms with van der Waals surface area (Å²) in [5, 5.41) is 4.98. The summed E-state index contributed by atoms with van der Waals surface area (Å²) >= 11 is 0. The average Bonchev–Trinajstić information content (AvgIpc) is 2.78. The first-order valence-electron chi connectivity index (χ1n) is 10.5. The number of nitrogens with two attached hydrogens (primary N) is 1. The van der Waals surface area contributed by atoms with Crippen LogP contribution in [0.25, 0.3) is 0 Å². The van der Waals surface area contributed by atoms with Crippen molar-refractivity contribution < 1.29 is 27.5 Å². The van der Waals surface area contributed by atoms with Crippen LogP contribution in [0.2, 0.25) is 0 Å². The third-order valence-electron chi connectivity index (χ3n) is 5.21. The van der Waals surface area contributed by atoms with E-state index in [1.165, 1.54) is 7.11 Å². The number of carbonyl (C=O) groups excluding carboxylic acids is 2. The quantitative estimate of drug-likeness (QED) is 0.523. The summed E-state index contributed by atoms with van der Waals surface area (Å²) in [6.07, 6.45) is -3.43. The molecule has 2 heterocycles. The molecule has 1 aromatic carbocycles. The molecule has 1 fully saturated rings. The van der Waals surface area contributed by atoms with E-state index in [0.29, 0.717) is 25.3 Å². The van der Waals surface area contributed by atoms with Crippen molar-refractivity contribution in [2.75, 3.05) is 55.4 Å². The topological polar surface area (TPSA) is 126 Å². The molecule has 0 unspecified atom stereocenters. The fraction of sp³-hybridized carbons (Fsp3) is 0.429. The second-order valence-electron chi connectivity index (χ2n) is 7.78. The molecule has 3 rings (SSSR count). The number of ether oxygens (including phenoxy) is 1. The molecular weight excluding hydrogens is 455 g/mol. The second-order valence-corrected chi connectivity index (χ2v) is 7.78. The van der Waals surface area contributed by atoms with Gasteiger partial charge in [0, 0.05) is 50.4 Å². The summed E-state index contributed by atoms with van der Waals surface area (Å²) in [6, 6.07) is 7.41. The molecule has 0 radical (unpaired) electrons. The van der Waals surface area contributed by atoms with Crippen LogP contribution in [0, 0.1) is 0 Å². The van der Waals surface area contributed by atoms with Crippen molar-refractivity contribution in [1.82, 2.24) is 14.9 Å². The van der Waals surface area contributed by atoms with Crippen molar-refractivity contribution in [3.63, 3.8) is 0 Å². The SMILES string of the molecule is COCC(=O)N1CCN(c2ccc(Nc3ncc(C(N)=O)c(NCC(F)(F)F)n3)cc2)[C@@H](C)C1. The van der Waals surface area contributed by atoms with Gasteiger partial charge in [0.25, 0.3) is 5.91 Å². The number of hydrogen-bond donors (Lipinski definition) is 3. The van der Waals surface area contributed by atoms with Gasteiger partial charge in [-0.3, -0.25) is 9.59 Å². The highest BCUT2D eigenvalue weighted by Crippen LogP contribution is 2.25. The molecule has 1 saturated heterocycles. The minimum Gasteiger partial charge on any atom is -0.375 e. The summed E-state index contributed by atoms with van der Waals surface area (Å²) < 4.78 is 42.6. The molecule has 184 valence electrons. The van der Waals surface area contributed by atoms with Gasteiger partial charge in [-0.1, -0.05) is 0 Å². The zero-order valence-corrected chi connectivity index (χ0v) is 18.7. The van der Waals surface area contributed by atoms with E-state index in [1.807, 2.05) is 19.1 Å². The number of nitrogens with zero attached hydrogens (tertiary/aromatic N) is 4. The Balaban J connectivity index is 1.67. The van der Waals surface area contributed by atoms with E-state index >= 15 is 0 Å². The Bertz CT molecular complexity index is 1020. The van der Waals surface area contributed by atoms with E-state index in [0.717, 1.165) is 11.9 Å². The Morgan fingerprint density at radius 1 is 1.24 bits per heavy atom. The molecule has 0 bridgehead atoms. The lowest BCUT2D eigenvalue weighted by Crippen LogP contribution is -2.54. The van der Waals surface area contributed by atoms with Crippen LogP contribution in [0.15, 0.2) is 30.5 Å². The molecule has 0 saturated carbocycles. The minimum atomic E-state index is -4.50. The molecule has 34 heavy (non-hydrogen) atoms. The van der Waals surface area contributed by atoms with Gasteiger partial charge in [0.15, 0.2) is 0 Å². The fourth-order valence-corrected chi connectivity index (χ4v) is 3.59. The Labute approximate surface area is 194 Å². The van der Waals surface area contributed by atoms with Crippen molar-refractivity contribution in [3.8, 4) is 0 Å². The largest absolute Gasteiger partial charge is 0.405 e. The maximum atomic E-state index is 12.6. The van der Waals surface area contributed by atoms with Crippen LogP contribution in [0.1, 0.15) is 17.3 Å². The first-order valence-corrected chi connectivity index (χ1v) is 10.5. The number of benzene rings is 1. The monoisotopic (exact) mass is 481 g/mol. The van der Waals surface area contributed by atoms with E-state index in [2.05, 4.69) is 25.5 Å². The van der Waals surface area contributed by atoms with Crippen molar-refractivity contribution in [2.24, 2.45) is 5.73 Å². The predicted octanol–water partition coefficient (Wildman–Crippen LogP) is 1.98. The highest BCUT2D eigenvalue weighted by molar-refractivity contribution is 5.97. The van der Waals surface area contributed by atoms with Gasteiger partial charge >= 0.3 is 6.18 Å². The van der Waals surface area contributed by atoms with Crippen LogP contribution in [-0.4, -0.2) is 78.8 Å². The van der Waals surface area contributed by atoms with Gasteiger partial charge < -0.3 is 30.9 Å². The summed E-state index contributed by atoms with van der Waals surface area (Å²) in [4.78, 5) is 35.4. The minimum absolute atomic E-state index is 0.000984. The molecule has 1 atom stereocenters. The van der Waals surface area contributed by atoms with Gasteiger partial charge in [-0.05, 0) is 31.2 Å². The summed E-state index contributed by atoms with van der Waals surface area (Å²) in [5.74, 6) is -1.30. The van der Waals surface area contributed by atoms with Crippen molar-refractivity contribution in [1.29, 1.82) is 0 Å². The Kier molecular flexibility index (Phi) is 7.76. The zero-order valence-electron chi connectivity index (χ0n) is 18.7. The number of nitrogens with one attached hydrogen (secondary N) is 2. The maximum absolute atomic E-state index is 12.6. The molecular formula is C21H26F3N7O3. The Morgan fingerprint density at radius 2 is 1.94 bits per heavy atom. The van der Waals surface area contributed by atoms with Crippen molar-refractivity contribution >= 4 is 35.0 Å². The average molecular weight is 481 g/mol. The van der Waals surface area contributed by atoms with Crippen LogP contribution in [0.4, 0.5) is 36.3 Å². The number of carbonyl (C=O) groups is 2. The van der Waals surface area contributed by atoms with E-state index < -0.39 is 18.6 Å². The number of hydrogen-bond acceptors (Lipinski definition) is 8. The standard InChI is InChI=1S/C21H26F3N7O3/c1-13-10-30(17(32)11-34-2)7-8-31(13)15-5-3-14(4-6-15)28-20-26-9-16(18(25)33)19(29-20)27-12-21(22,23)24/h3-6,9,13H,7-8,10-12H2,1-2H3,(H2,25,33)(H2,26,27,28,29)/t13-/m0/s1. The number of amides is 2. The van der Waals surface area contributed by atoms with Crippen LogP contribution in [0.5, 0.6) is 0 Å². The number of piperazine rings is 1. The van der Waals surface area contributed by atoms with Crippen LogP contribution < -0.4 is 21.3 Å². The molecule has 1 aliphatic heterocycles. The molecule has 10 nitrogen and oxygen atoms in total. The zero-order chi connectivity index (χ0) is 24.9. The molecule has 0 spiro atoms. The third-order valence-corrected chi connectivity index (χ3v) is 5.21. The van der Waals surface area contributed by atoms with E-state index in [-0.39, 0.29) is 35.9 Å². The highest BCUT2D eigenvalue weighted by atomic mass is 19.4. The van der Waals surface area contributed by atoms with Crippen molar-refractivity contribution in [3.05, 3.63) is 36.0 Å². The highest BCUT2D eigenvalue weighted by Gasteiger charge is 2.28. The van der Waals surface area contributed by atoms with Crippen LogP contribution in [0.3, 0.4) is 0 Å². The lowest BCUT2D eigenvalue weighted by Gasteiger charge is -2.41. The molecule has 2 amide bonds. The second kappa shape index (κ2) is 10.5. The molecule has 1 aromatic heterocycles. The van der Waals surface area contributed by atoms with Gasteiger partial charge in [0.1, 0.15) is 19.0 Å². The number of halogens is 3. The van der Waals surface area contributed by atoms with Gasteiger partial charge in [-0.25, -0.2) is 4.98 Å². The molecule has 13 heteroatoms. The molecule has 0 aliphatic carbocycles. The van der Waals surface area contributed by atoms with Gasteiger partial charge in [0.05, 0.1) is 5.56 Å². The van der Waals surface area contributed by atoms with Gasteiger partial charge in [0.2, 0.25) is 11.9 Å². The normalized spacial score (nSPS) is 16.3. The molecule has 2 aromatic rings. The Hall–Kier alpha value is -3.61. The summed E-state index contributed by atoms with van der Waals surface area (Å²) in [6.45, 7) is 2.54. The number of methoxy groups -OCH3 is 1. The van der Waals surface area contributed by atoms with E-state index in [9.17, 15) is 22.8 Å². The first kappa shape index (κ1) is 25.0.